The van der Waals surface area contributed by atoms with Crippen LogP contribution in [0.5, 0.6) is 0 Å². The Labute approximate surface area is 86.5 Å². The molecule has 0 spiro atoms. The van der Waals surface area contributed by atoms with Gasteiger partial charge in [0.1, 0.15) is 6.17 Å². The lowest BCUT2D eigenvalue weighted by atomic mass is 10.3. The number of hydrogen-bond donors (Lipinski definition) is 1. The molecule has 1 aromatic carbocycles. The molecule has 1 aromatic rings. The van der Waals surface area contributed by atoms with Gasteiger partial charge in [-0.15, -0.1) is 0 Å². The Morgan fingerprint density at radius 2 is 2.31 bits per heavy atom. The Morgan fingerprint density at radius 3 is 2.92 bits per heavy atom. The maximum absolute atomic E-state index is 12.8. The molecule has 13 heavy (non-hydrogen) atoms. The molecule has 0 bridgehead atoms. The quantitative estimate of drug-likeness (QED) is 0.855. The van der Waals surface area contributed by atoms with E-state index < -0.39 is 6.17 Å². The van der Waals surface area contributed by atoms with Gasteiger partial charge in [0.15, 0.2) is 0 Å². The van der Waals surface area contributed by atoms with E-state index in [-0.39, 0.29) is 0 Å². The predicted molar refractivity (Wildman–Crippen MR) is 57.8 cm³/mol. The van der Waals surface area contributed by atoms with Crippen LogP contribution in [-0.4, -0.2) is 12.7 Å². The maximum Gasteiger partial charge on any atom is 0.117 e. The molecule has 0 fully saturated rings. The first kappa shape index (κ1) is 10.5. The zero-order valence-electron chi connectivity index (χ0n) is 7.56. The van der Waals surface area contributed by atoms with Crippen molar-refractivity contribution < 1.29 is 4.39 Å². The minimum Gasteiger partial charge on any atom is -0.382 e. The molecule has 0 aliphatic rings. The van der Waals surface area contributed by atoms with Gasteiger partial charge in [-0.25, -0.2) is 4.39 Å². The third-order valence-corrected chi connectivity index (χ3v) is 2.29. The third kappa shape index (κ3) is 3.77. The van der Waals surface area contributed by atoms with E-state index in [2.05, 4.69) is 21.2 Å². The van der Waals surface area contributed by atoms with E-state index >= 15 is 0 Å². The summed E-state index contributed by atoms with van der Waals surface area (Å²) < 4.78 is 13.8. The van der Waals surface area contributed by atoms with Crippen LogP contribution >= 0.6 is 15.9 Å². The molecule has 72 valence electrons. The second-order valence-electron chi connectivity index (χ2n) is 2.90. The monoisotopic (exact) mass is 245 g/mol. The maximum atomic E-state index is 12.8. The molecular formula is C10H13BrFN. The largest absolute Gasteiger partial charge is 0.382 e. The second kappa shape index (κ2) is 5.22. The van der Waals surface area contributed by atoms with Gasteiger partial charge in [-0.05, 0) is 24.6 Å². The molecule has 0 radical (unpaired) electrons. The van der Waals surface area contributed by atoms with Gasteiger partial charge in [0.05, 0.1) is 0 Å². The fourth-order valence-corrected chi connectivity index (χ4v) is 1.37. The summed E-state index contributed by atoms with van der Waals surface area (Å²) >= 11 is 3.35. The molecule has 0 heterocycles. The van der Waals surface area contributed by atoms with Crippen LogP contribution in [-0.2, 0) is 0 Å². The van der Waals surface area contributed by atoms with Crippen molar-refractivity contribution in [1.82, 2.24) is 0 Å². The van der Waals surface area contributed by atoms with Gasteiger partial charge in [-0.1, -0.05) is 28.9 Å². The minimum atomic E-state index is -0.765. The Balaban J connectivity index is 2.45. The predicted octanol–water partition coefficient (Wildman–Crippen LogP) is 3.61. The zero-order valence-corrected chi connectivity index (χ0v) is 9.14. The number of hydrogen-bond acceptors (Lipinski definition) is 1. The van der Waals surface area contributed by atoms with E-state index in [1.54, 1.807) is 0 Å². The van der Waals surface area contributed by atoms with Crippen molar-refractivity contribution in [3.05, 3.63) is 28.7 Å². The van der Waals surface area contributed by atoms with Gasteiger partial charge < -0.3 is 5.32 Å². The van der Waals surface area contributed by atoms with E-state index in [1.807, 2.05) is 31.2 Å². The molecule has 1 N–H and O–H groups in total. The van der Waals surface area contributed by atoms with E-state index in [0.29, 0.717) is 13.0 Å². The van der Waals surface area contributed by atoms with E-state index in [1.165, 1.54) is 0 Å². The summed E-state index contributed by atoms with van der Waals surface area (Å²) in [5.74, 6) is 0. The first-order valence-electron chi connectivity index (χ1n) is 4.36. The van der Waals surface area contributed by atoms with Crippen LogP contribution in [0.4, 0.5) is 10.1 Å². The van der Waals surface area contributed by atoms with E-state index in [0.717, 1.165) is 10.2 Å². The summed E-state index contributed by atoms with van der Waals surface area (Å²) in [4.78, 5) is 0. The van der Waals surface area contributed by atoms with Crippen LogP contribution in [0.25, 0.3) is 0 Å². The fraction of sp³-hybridized carbons (Fsp3) is 0.400. The molecule has 1 nitrogen and oxygen atoms in total. The van der Waals surface area contributed by atoms with Crippen LogP contribution in [0.1, 0.15) is 13.3 Å². The van der Waals surface area contributed by atoms with Gasteiger partial charge in [0.25, 0.3) is 0 Å². The smallest absolute Gasteiger partial charge is 0.117 e. The zero-order chi connectivity index (χ0) is 9.68. The van der Waals surface area contributed by atoms with Gasteiger partial charge in [0.2, 0.25) is 0 Å². The highest BCUT2D eigenvalue weighted by molar-refractivity contribution is 9.10. The highest BCUT2D eigenvalue weighted by Gasteiger charge is 2.01. The van der Waals surface area contributed by atoms with Crippen molar-refractivity contribution in [3.63, 3.8) is 0 Å². The summed E-state index contributed by atoms with van der Waals surface area (Å²) in [6.45, 7) is 2.22. The number of anilines is 1. The summed E-state index contributed by atoms with van der Waals surface area (Å²) in [6, 6.07) is 7.72. The molecule has 1 rings (SSSR count). The van der Waals surface area contributed by atoms with Crippen LogP contribution < -0.4 is 5.32 Å². The number of nitrogens with one attached hydrogen (secondary N) is 1. The minimum absolute atomic E-state index is 0.382. The first-order valence-corrected chi connectivity index (χ1v) is 5.15. The number of halogens is 2. The van der Waals surface area contributed by atoms with Crippen molar-refractivity contribution in [2.24, 2.45) is 0 Å². The Bertz CT molecular complexity index is 265. The highest BCUT2D eigenvalue weighted by Crippen LogP contribution is 2.15. The van der Waals surface area contributed by atoms with Crippen molar-refractivity contribution in [2.75, 3.05) is 11.9 Å². The molecule has 0 saturated heterocycles. The van der Waals surface area contributed by atoms with E-state index in [4.69, 9.17) is 0 Å². The molecule has 0 amide bonds. The van der Waals surface area contributed by atoms with Crippen LogP contribution in [0.3, 0.4) is 0 Å². The molecule has 0 aromatic heterocycles. The topological polar surface area (TPSA) is 12.0 Å². The summed E-state index contributed by atoms with van der Waals surface area (Å²) in [7, 11) is 0. The first-order chi connectivity index (χ1) is 6.22. The number of rotatable bonds is 4. The van der Waals surface area contributed by atoms with Crippen LogP contribution in [0.2, 0.25) is 0 Å². The SMILES string of the molecule is CCC(F)CNc1cccc(Br)c1. The molecule has 0 aliphatic carbocycles. The molecule has 1 atom stereocenters. The molecular weight excluding hydrogens is 233 g/mol. The van der Waals surface area contributed by atoms with E-state index in [9.17, 15) is 4.39 Å². The van der Waals surface area contributed by atoms with Gasteiger partial charge in [-0.3, -0.25) is 0 Å². The van der Waals surface area contributed by atoms with Crippen molar-refractivity contribution in [1.29, 1.82) is 0 Å². The molecule has 0 aliphatic heterocycles. The third-order valence-electron chi connectivity index (χ3n) is 1.80. The Hall–Kier alpha value is -0.570. The normalized spacial score (nSPS) is 12.5. The molecule has 3 heteroatoms. The summed E-state index contributed by atoms with van der Waals surface area (Å²) in [6.07, 6.45) is -0.208. The summed E-state index contributed by atoms with van der Waals surface area (Å²) in [5, 5.41) is 3.03. The van der Waals surface area contributed by atoms with Crippen molar-refractivity contribution in [3.8, 4) is 0 Å². The fourth-order valence-electron chi connectivity index (χ4n) is 0.971. The Morgan fingerprint density at radius 1 is 1.54 bits per heavy atom. The van der Waals surface area contributed by atoms with Crippen molar-refractivity contribution in [2.45, 2.75) is 19.5 Å². The Kier molecular flexibility index (Phi) is 4.22. The number of alkyl halides is 1. The highest BCUT2D eigenvalue weighted by atomic mass is 79.9. The second-order valence-corrected chi connectivity index (χ2v) is 3.81. The lowest BCUT2D eigenvalue weighted by molar-refractivity contribution is 0.340. The molecule has 0 saturated carbocycles. The lowest BCUT2D eigenvalue weighted by Gasteiger charge is -2.08. The average molecular weight is 246 g/mol. The molecule has 1 unspecified atom stereocenters. The average Bonchev–Trinajstić information content (AvgIpc) is 2.14. The number of benzene rings is 1. The van der Waals surface area contributed by atoms with Crippen LogP contribution in [0, 0.1) is 0 Å². The van der Waals surface area contributed by atoms with Gasteiger partial charge in [-0.2, -0.15) is 0 Å². The lowest BCUT2D eigenvalue weighted by Crippen LogP contribution is -2.13. The standard InChI is InChI=1S/C10H13BrFN/c1-2-9(12)7-13-10-5-3-4-8(11)6-10/h3-6,9,13H,2,7H2,1H3. The van der Waals surface area contributed by atoms with Crippen molar-refractivity contribution >= 4 is 21.6 Å². The van der Waals surface area contributed by atoms with Gasteiger partial charge in [0, 0.05) is 16.7 Å². The summed E-state index contributed by atoms with van der Waals surface area (Å²) in [5.41, 5.74) is 0.950. The van der Waals surface area contributed by atoms with Crippen LogP contribution in [0.15, 0.2) is 28.7 Å². The van der Waals surface area contributed by atoms with Gasteiger partial charge >= 0.3 is 0 Å².